The molecule has 6 nitrogen and oxygen atoms in total. The summed E-state index contributed by atoms with van der Waals surface area (Å²) in [6.45, 7) is 8.34. The number of guanidine groups is 1. The van der Waals surface area contributed by atoms with Gasteiger partial charge >= 0.3 is 0 Å². The minimum Gasteiger partial charge on any atom is -0.489 e. The molecule has 0 bridgehead atoms. The minimum atomic E-state index is 0.00292. The van der Waals surface area contributed by atoms with Crippen LogP contribution in [0.25, 0.3) is 0 Å². The second kappa shape index (κ2) is 9.11. The zero-order chi connectivity index (χ0) is 18.2. The Balaban J connectivity index is 1.94. The van der Waals surface area contributed by atoms with Gasteiger partial charge in [0.2, 0.25) is 0 Å². The average Bonchev–Trinajstić information content (AvgIpc) is 2.98. The molecule has 0 saturated heterocycles. The van der Waals surface area contributed by atoms with E-state index in [1.165, 1.54) is 5.56 Å². The Morgan fingerprint density at radius 2 is 2.08 bits per heavy atom. The Morgan fingerprint density at radius 3 is 2.68 bits per heavy atom. The number of aliphatic imine (C=N–C) groups is 1. The lowest BCUT2D eigenvalue weighted by Gasteiger charge is -2.22. The largest absolute Gasteiger partial charge is 0.489 e. The first-order valence-electron chi connectivity index (χ1n) is 8.68. The number of benzene rings is 1. The fourth-order valence-electron chi connectivity index (χ4n) is 2.47. The van der Waals surface area contributed by atoms with E-state index in [0.717, 1.165) is 30.4 Å². The number of aryl methyl sites for hydroxylation is 2. The van der Waals surface area contributed by atoms with E-state index in [2.05, 4.69) is 41.3 Å². The number of ether oxygens (including phenoxy) is 1. The van der Waals surface area contributed by atoms with Gasteiger partial charge in [0.15, 0.2) is 5.96 Å². The molecule has 6 heteroatoms. The van der Waals surface area contributed by atoms with Crippen LogP contribution in [0.1, 0.15) is 25.0 Å². The van der Waals surface area contributed by atoms with Crippen molar-refractivity contribution in [3.8, 4) is 5.75 Å². The fraction of sp³-hybridized carbons (Fsp3) is 0.474. The van der Waals surface area contributed by atoms with Gasteiger partial charge in [-0.1, -0.05) is 17.7 Å². The standard InChI is InChI=1S/C19H29N5O/c1-6-20-19(23(4)13-17-12-22-24(5)14-17)21-11-16(3)25-18-9-7-15(2)8-10-18/h7-10,12,14,16H,6,11,13H2,1-5H3,(H,20,21). The van der Waals surface area contributed by atoms with Gasteiger partial charge in [0, 0.05) is 38.9 Å². The Hall–Kier alpha value is -2.50. The van der Waals surface area contributed by atoms with Crippen molar-refractivity contribution in [3.63, 3.8) is 0 Å². The van der Waals surface area contributed by atoms with Crippen LogP contribution >= 0.6 is 0 Å². The highest BCUT2D eigenvalue weighted by Gasteiger charge is 2.09. The van der Waals surface area contributed by atoms with Gasteiger partial charge in [0.1, 0.15) is 11.9 Å². The minimum absolute atomic E-state index is 0.00292. The molecule has 0 aliphatic carbocycles. The maximum Gasteiger partial charge on any atom is 0.194 e. The summed E-state index contributed by atoms with van der Waals surface area (Å²) in [4.78, 5) is 6.81. The summed E-state index contributed by atoms with van der Waals surface area (Å²) in [6.07, 6.45) is 3.90. The third kappa shape index (κ3) is 6.14. The molecular formula is C19H29N5O. The van der Waals surface area contributed by atoms with Gasteiger partial charge in [-0.15, -0.1) is 0 Å². The van der Waals surface area contributed by atoms with Gasteiger partial charge in [0.25, 0.3) is 0 Å². The highest BCUT2D eigenvalue weighted by molar-refractivity contribution is 5.79. The summed E-state index contributed by atoms with van der Waals surface area (Å²) in [6, 6.07) is 8.10. The summed E-state index contributed by atoms with van der Waals surface area (Å²) in [5, 5.41) is 7.54. The summed E-state index contributed by atoms with van der Waals surface area (Å²) in [5.74, 6) is 1.74. The Morgan fingerprint density at radius 1 is 1.36 bits per heavy atom. The lowest BCUT2D eigenvalue weighted by Crippen LogP contribution is -2.39. The van der Waals surface area contributed by atoms with E-state index in [1.807, 2.05) is 50.2 Å². The van der Waals surface area contributed by atoms with Crippen LogP contribution < -0.4 is 10.1 Å². The molecule has 1 heterocycles. The molecule has 2 rings (SSSR count). The van der Waals surface area contributed by atoms with Crippen molar-refractivity contribution < 1.29 is 4.74 Å². The third-order valence-electron chi connectivity index (χ3n) is 3.73. The lowest BCUT2D eigenvalue weighted by molar-refractivity contribution is 0.229. The van der Waals surface area contributed by atoms with Crippen molar-refractivity contribution in [2.75, 3.05) is 20.1 Å². The summed E-state index contributed by atoms with van der Waals surface area (Å²) in [5.41, 5.74) is 2.38. The Bertz CT molecular complexity index is 677. The zero-order valence-electron chi connectivity index (χ0n) is 15.9. The summed E-state index contributed by atoms with van der Waals surface area (Å²) < 4.78 is 7.74. The van der Waals surface area contributed by atoms with Crippen molar-refractivity contribution in [2.45, 2.75) is 33.4 Å². The molecule has 0 spiro atoms. The molecule has 0 fully saturated rings. The van der Waals surface area contributed by atoms with E-state index < -0.39 is 0 Å². The average molecular weight is 343 g/mol. The third-order valence-corrected chi connectivity index (χ3v) is 3.73. The molecular weight excluding hydrogens is 314 g/mol. The lowest BCUT2D eigenvalue weighted by atomic mass is 10.2. The highest BCUT2D eigenvalue weighted by atomic mass is 16.5. The topological polar surface area (TPSA) is 54.7 Å². The van der Waals surface area contributed by atoms with Crippen molar-refractivity contribution >= 4 is 5.96 Å². The number of aromatic nitrogens is 2. The molecule has 0 saturated carbocycles. The number of nitrogens with one attached hydrogen (secondary N) is 1. The van der Waals surface area contributed by atoms with E-state index in [-0.39, 0.29) is 6.10 Å². The van der Waals surface area contributed by atoms with E-state index in [9.17, 15) is 0 Å². The number of nitrogens with zero attached hydrogens (tertiary/aromatic N) is 4. The van der Waals surface area contributed by atoms with E-state index in [0.29, 0.717) is 6.54 Å². The Kier molecular flexibility index (Phi) is 6.86. The molecule has 0 aliphatic heterocycles. The quantitative estimate of drug-likeness (QED) is 0.620. The molecule has 0 aliphatic rings. The molecule has 1 unspecified atom stereocenters. The predicted molar refractivity (Wildman–Crippen MR) is 102 cm³/mol. The molecule has 1 atom stereocenters. The molecule has 25 heavy (non-hydrogen) atoms. The van der Waals surface area contributed by atoms with Crippen LogP contribution in [0, 0.1) is 6.92 Å². The maximum atomic E-state index is 5.93. The van der Waals surface area contributed by atoms with Crippen LogP contribution in [0.2, 0.25) is 0 Å². The second-order valence-corrected chi connectivity index (χ2v) is 6.31. The van der Waals surface area contributed by atoms with Crippen molar-refractivity contribution in [1.29, 1.82) is 0 Å². The monoisotopic (exact) mass is 343 g/mol. The number of hydrogen-bond acceptors (Lipinski definition) is 3. The second-order valence-electron chi connectivity index (χ2n) is 6.31. The molecule has 2 aromatic rings. The number of rotatable bonds is 7. The first kappa shape index (κ1) is 18.8. The van der Waals surface area contributed by atoms with Crippen LogP contribution in [-0.2, 0) is 13.6 Å². The van der Waals surface area contributed by atoms with E-state index >= 15 is 0 Å². The maximum absolute atomic E-state index is 5.93. The molecule has 1 N–H and O–H groups in total. The van der Waals surface area contributed by atoms with Gasteiger partial charge < -0.3 is 15.0 Å². The van der Waals surface area contributed by atoms with Gasteiger partial charge in [0.05, 0.1) is 12.7 Å². The first-order chi connectivity index (χ1) is 12.0. The smallest absolute Gasteiger partial charge is 0.194 e. The first-order valence-corrected chi connectivity index (χ1v) is 8.68. The fourth-order valence-corrected chi connectivity index (χ4v) is 2.47. The summed E-state index contributed by atoms with van der Waals surface area (Å²) >= 11 is 0. The van der Waals surface area contributed by atoms with Crippen LogP contribution in [0.15, 0.2) is 41.7 Å². The van der Waals surface area contributed by atoms with Gasteiger partial charge in [-0.3, -0.25) is 4.68 Å². The van der Waals surface area contributed by atoms with E-state index in [1.54, 1.807) is 0 Å². The van der Waals surface area contributed by atoms with Gasteiger partial charge in [-0.05, 0) is 32.9 Å². The molecule has 0 radical (unpaired) electrons. The van der Waals surface area contributed by atoms with Gasteiger partial charge in [-0.25, -0.2) is 4.99 Å². The van der Waals surface area contributed by atoms with Crippen LogP contribution in [0.4, 0.5) is 0 Å². The summed E-state index contributed by atoms with van der Waals surface area (Å²) in [7, 11) is 3.95. The Labute approximate surface area is 150 Å². The number of hydrogen-bond donors (Lipinski definition) is 1. The van der Waals surface area contributed by atoms with Gasteiger partial charge in [-0.2, -0.15) is 5.10 Å². The SMILES string of the molecule is CCNC(=NCC(C)Oc1ccc(C)cc1)N(C)Cc1cnn(C)c1. The molecule has 1 aromatic heterocycles. The molecule has 0 amide bonds. The van der Waals surface area contributed by atoms with E-state index in [4.69, 9.17) is 9.73 Å². The van der Waals surface area contributed by atoms with Crippen molar-refractivity contribution in [1.82, 2.24) is 20.0 Å². The normalized spacial score (nSPS) is 12.8. The van der Waals surface area contributed by atoms with Crippen molar-refractivity contribution in [2.24, 2.45) is 12.0 Å². The zero-order valence-corrected chi connectivity index (χ0v) is 15.9. The van der Waals surface area contributed by atoms with Crippen LogP contribution in [0.3, 0.4) is 0 Å². The molecule has 136 valence electrons. The molecule has 1 aromatic carbocycles. The predicted octanol–water partition coefficient (Wildman–Crippen LogP) is 2.59. The van der Waals surface area contributed by atoms with Crippen molar-refractivity contribution in [3.05, 3.63) is 47.8 Å². The highest BCUT2D eigenvalue weighted by Crippen LogP contribution is 2.13. The van der Waals surface area contributed by atoms with Crippen LogP contribution in [-0.4, -0.2) is 46.9 Å². The van der Waals surface area contributed by atoms with Crippen LogP contribution in [0.5, 0.6) is 5.75 Å².